The van der Waals surface area contributed by atoms with Crippen LogP contribution in [-0.2, 0) is 9.59 Å². The second-order valence-corrected chi connectivity index (χ2v) is 6.83. The van der Waals surface area contributed by atoms with Crippen LogP contribution in [0.2, 0.25) is 0 Å². The Morgan fingerprint density at radius 2 is 1.73 bits per heavy atom. The molecule has 3 rings (SSSR count). The van der Waals surface area contributed by atoms with Crippen molar-refractivity contribution < 1.29 is 9.59 Å². The van der Waals surface area contributed by atoms with Crippen molar-refractivity contribution in [2.24, 2.45) is 11.8 Å². The van der Waals surface area contributed by atoms with Crippen molar-refractivity contribution in [1.82, 2.24) is 15.1 Å². The zero-order chi connectivity index (χ0) is 14.8. The third-order valence-corrected chi connectivity index (χ3v) is 5.21. The molecule has 6 heteroatoms. The molecule has 1 N–H and O–H groups in total. The van der Waals surface area contributed by atoms with Gasteiger partial charge in [-0.15, -0.1) is 12.4 Å². The Morgan fingerprint density at radius 3 is 2.36 bits per heavy atom. The number of carbonyl (C=O) groups is 2. The number of nitrogens with one attached hydrogen (secondary N) is 1. The SMILES string of the molecule is CN(C(=O)C1CCCN(C(=O)C2CC2)C1)C1CCNCC1.Cl. The van der Waals surface area contributed by atoms with Crippen LogP contribution >= 0.6 is 12.4 Å². The maximum Gasteiger partial charge on any atom is 0.227 e. The minimum absolute atomic E-state index is 0. The van der Waals surface area contributed by atoms with E-state index in [1.807, 2.05) is 16.8 Å². The Bertz CT molecular complexity index is 408. The average Bonchev–Trinajstić information content (AvgIpc) is 3.38. The molecule has 0 aromatic heterocycles. The van der Waals surface area contributed by atoms with Gasteiger partial charge in [-0.2, -0.15) is 0 Å². The molecule has 2 aliphatic heterocycles. The van der Waals surface area contributed by atoms with Gasteiger partial charge in [0.15, 0.2) is 0 Å². The van der Waals surface area contributed by atoms with E-state index in [1.54, 1.807) is 0 Å². The lowest BCUT2D eigenvalue weighted by Gasteiger charge is -2.37. The highest BCUT2D eigenvalue weighted by atomic mass is 35.5. The molecule has 0 aromatic rings. The molecule has 126 valence electrons. The first-order valence-corrected chi connectivity index (χ1v) is 8.43. The van der Waals surface area contributed by atoms with Gasteiger partial charge in [-0.25, -0.2) is 0 Å². The molecule has 1 saturated carbocycles. The van der Waals surface area contributed by atoms with Crippen LogP contribution in [-0.4, -0.2) is 60.9 Å². The molecule has 0 aromatic carbocycles. The second kappa shape index (κ2) is 7.64. The van der Waals surface area contributed by atoms with E-state index in [4.69, 9.17) is 0 Å². The van der Waals surface area contributed by atoms with Gasteiger partial charge in [0.25, 0.3) is 0 Å². The van der Waals surface area contributed by atoms with Crippen LogP contribution in [0.5, 0.6) is 0 Å². The van der Waals surface area contributed by atoms with Crippen molar-refractivity contribution in [1.29, 1.82) is 0 Å². The predicted molar refractivity (Wildman–Crippen MR) is 87.9 cm³/mol. The summed E-state index contributed by atoms with van der Waals surface area (Å²) in [5.74, 6) is 0.814. The van der Waals surface area contributed by atoms with Gasteiger partial charge in [0.1, 0.15) is 0 Å². The first kappa shape index (κ1) is 17.5. The zero-order valence-corrected chi connectivity index (χ0v) is 14.2. The fraction of sp³-hybridized carbons (Fsp3) is 0.875. The van der Waals surface area contributed by atoms with Gasteiger partial charge < -0.3 is 15.1 Å². The first-order valence-electron chi connectivity index (χ1n) is 8.43. The van der Waals surface area contributed by atoms with Gasteiger partial charge in [0.2, 0.25) is 11.8 Å². The molecule has 3 aliphatic rings. The molecular formula is C16H28ClN3O2. The average molecular weight is 330 g/mol. The molecular weight excluding hydrogens is 302 g/mol. The van der Waals surface area contributed by atoms with E-state index in [9.17, 15) is 9.59 Å². The lowest BCUT2D eigenvalue weighted by molar-refractivity contribution is -0.142. The van der Waals surface area contributed by atoms with Crippen LogP contribution in [0.25, 0.3) is 0 Å². The van der Waals surface area contributed by atoms with Gasteiger partial charge in [0.05, 0.1) is 5.92 Å². The second-order valence-electron chi connectivity index (χ2n) is 6.83. The van der Waals surface area contributed by atoms with Crippen LogP contribution in [0.15, 0.2) is 0 Å². The van der Waals surface area contributed by atoms with Crippen molar-refractivity contribution in [3.63, 3.8) is 0 Å². The van der Waals surface area contributed by atoms with Crippen LogP contribution < -0.4 is 5.32 Å². The predicted octanol–water partition coefficient (Wildman–Crippen LogP) is 1.27. The van der Waals surface area contributed by atoms with Gasteiger partial charge in [-0.1, -0.05) is 0 Å². The lowest BCUT2D eigenvalue weighted by Crippen LogP contribution is -2.50. The largest absolute Gasteiger partial charge is 0.342 e. The van der Waals surface area contributed by atoms with Crippen LogP contribution in [0.3, 0.4) is 0 Å². The number of halogens is 1. The number of rotatable bonds is 3. The summed E-state index contributed by atoms with van der Waals surface area (Å²) in [6, 6.07) is 0.369. The van der Waals surface area contributed by atoms with E-state index in [2.05, 4.69) is 5.32 Å². The quantitative estimate of drug-likeness (QED) is 0.848. The van der Waals surface area contributed by atoms with E-state index >= 15 is 0 Å². The van der Waals surface area contributed by atoms with Crippen LogP contribution in [0.4, 0.5) is 0 Å². The topological polar surface area (TPSA) is 52.7 Å². The summed E-state index contributed by atoms with van der Waals surface area (Å²) in [5, 5.41) is 3.34. The lowest BCUT2D eigenvalue weighted by atomic mass is 9.94. The Morgan fingerprint density at radius 1 is 1.05 bits per heavy atom. The summed E-state index contributed by atoms with van der Waals surface area (Å²) in [6.45, 7) is 3.48. The molecule has 5 nitrogen and oxygen atoms in total. The van der Waals surface area contributed by atoms with Gasteiger partial charge >= 0.3 is 0 Å². The summed E-state index contributed by atoms with van der Waals surface area (Å²) in [6.07, 6.45) is 6.07. The molecule has 2 amide bonds. The number of likely N-dealkylation sites (tertiary alicyclic amines) is 1. The molecule has 0 spiro atoms. The molecule has 2 heterocycles. The highest BCUT2D eigenvalue weighted by molar-refractivity contribution is 5.85. The minimum atomic E-state index is 0. The molecule has 22 heavy (non-hydrogen) atoms. The zero-order valence-electron chi connectivity index (χ0n) is 13.4. The van der Waals surface area contributed by atoms with E-state index in [0.717, 1.165) is 58.2 Å². The van der Waals surface area contributed by atoms with Crippen molar-refractivity contribution in [3.8, 4) is 0 Å². The number of piperidine rings is 2. The number of amides is 2. The molecule has 1 aliphatic carbocycles. The van der Waals surface area contributed by atoms with Crippen LogP contribution in [0.1, 0.15) is 38.5 Å². The monoisotopic (exact) mass is 329 g/mol. The molecule has 1 atom stereocenters. The van der Waals surface area contributed by atoms with Gasteiger partial charge in [-0.3, -0.25) is 9.59 Å². The number of hydrogen-bond acceptors (Lipinski definition) is 3. The fourth-order valence-electron chi connectivity index (χ4n) is 3.63. The molecule has 0 bridgehead atoms. The molecule has 2 saturated heterocycles. The molecule has 1 unspecified atom stereocenters. The highest BCUT2D eigenvalue weighted by Gasteiger charge is 2.37. The number of hydrogen-bond donors (Lipinski definition) is 1. The Balaban J connectivity index is 0.00000176. The summed E-state index contributed by atoms with van der Waals surface area (Å²) in [5.41, 5.74) is 0. The molecule has 3 fully saturated rings. The van der Waals surface area contributed by atoms with Gasteiger partial charge in [0, 0.05) is 32.1 Å². The van der Waals surface area contributed by atoms with E-state index < -0.39 is 0 Å². The van der Waals surface area contributed by atoms with E-state index in [1.165, 1.54) is 0 Å². The Kier molecular flexibility index (Phi) is 6.09. The van der Waals surface area contributed by atoms with Crippen LogP contribution in [0, 0.1) is 11.8 Å². The van der Waals surface area contributed by atoms with Crippen molar-refractivity contribution in [2.75, 3.05) is 33.2 Å². The number of nitrogens with zero attached hydrogens (tertiary/aromatic N) is 2. The summed E-state index contributed by atoms with van der Waals surface area (Å²) < 4.78 is 0. The smallest absolute Gasteiger partial charge is 0.227 e. The first-order chi connectivity index (χ1) is 10.2. The maximum atomic E-state index is 12.7. The Hall–Kier alpha value is -0.810. The van der Waals surface area contributed by atoms with Crippen molar-refractivity contribution >= 4 is 24.2 Å². The van der Waals surface area contributed by atoms with E-state index in [-0.39, 0.29) is 36.1 Å². The third-order valence-electron chi connectivity index (χ3n) is 5.21. The minimum Gasteiger partial charge on any atom is -0.342 e. The standard InChI is InChI=1S/C16H27N3O2.ClH/c1-18(14-6-8-17-9-7-14)15(20)13-3-2-10-19(11-13)16(21)12-4-5-12;/h12-14,17H,2-11H2,1H3;1H. The normalized spacial score (nSPS) is 26.2. The van der Waals surface area contributed by atoms with Gasteiger partial charge in [-0.05, 0) is 51.6 Å². The van der Waals surface area contributed by atoms with E-state index in [0.29, 0.717) is 12.6 Å². The molecule has 0 radical (unpaired) electrons. The highest BCUT2D eigenvalue weighted by Crippen LogP contribution is 2.32. The summed E-state index contributed by atoms with van der Waals surface area (Å²) in [7, 11) is 1.94. The Labute approximate surface area is 139 Å². The summed E-state index contributed by atoms with van der Waals surface area (Å²) >= 11 is 0. The van der Waals surface area contributed by atoms with Crippen molar-refractivity contribution in [2.45, 2.75) is 44.6 Å². The third kappa shape index (κ3) is 3.93. The number of carbonyl (C=O) groups excluding carboxylic acids is 2. The summed E-state index contributed by atoms with van der Waals surface area (Å²) in [4.78, 5) is 28.8. The maximum absolute atomic E-state index is 12.7. The van der Waals surface area contributed by atoms with Crippen molar-refractivity contribution in [3.05, 3.63) is 0 Å². The fourth-order valence-corrected chi connectivity index (χ4v) is 3.63.